The Morgan fingerprint density at radius 1 is 1.38 bits per heavy atom. The molecule has 1 saturated carbocycles. The molecule has 1 unspecified atom stereocenters. The fraction of sp³-hybridized carbons (Fsp3) is 0.538. The van der Waals surface area contributed by atoms with Crippen LogP contribution in [-0.2, 0) is 5.54 Å². The van der Waals surface area contributed by atoms with Crippen LogP contribution in [0.25, 0.3) is 0 Å². The van der Waals surface area contributed by atoms with E-state index in [0.29, 0.717) is 6.04 Å². The molecule has 2 rings (SSSR count). The van der Waals surface area contributed by atoms with Crippen LogP contribution in [0.4, 0.5) is 4.39 Å². The first kappa shape index (κ1) is 11.6. The smallest absolute Gasteiger partial charge is 0.123 e. The molecule has 0 bridgehead atoms. The van der Waals surface area contributed by atoms with Crippen LogP contribution in [0.15, 0.2) is 24.3 Å². The molecule has 1 aliphatic rings. The van der Waals surface area contributed by atoms with Crippen molar-refractivity contribution in [2.24, 2.45) is 0 Å². The van der Waals surface area contributed by atoms with E-state index in [0.717, 1.165) is 12.0 Å². The summed E-state index contributed by atoms with van der Waals surface area (Å²) in [5.41, 5.74) is 0.556. The van der Waals surface area contributed by atoms with E-state index in [9.17, 15) is 9.50 Å². The molecule has 1 fully saturated rings. The molecule has 16 heavy (non-hydrogen) atoms. The van der Waals surface area contributed by atoms with E-state index in [1.807, 2.05) is 6.92 Å². The predicted octanol–water partition coefficient (Wildman–Crippen LogP) is 2.18. The van der Waals surface area contributed by atoms with E-state index < -0.39 is 5.54 Å². The Hall–Kier alpha value is -0.930. The van der Waals surface area contributed by atoms with Crippen molar-refractivity contribution in [1.82, 2.24) is 5.32 Å². The molecule has 1 atom stereocenters. The molecule has 0 amide bonds. The molecule has 3 heteroatoms. The van der Waals surface area contributed by atoms with Crippen LogP contribution in [0.3, 0.4) is 0 Å². The molecule has 0 aromatic heterocycles. The van der Waals surface area contributed by atoms with Crippen molar-refractivity contribution >= 4 is 0 Å². The van der Waals surface area contributed by atoms with Gasteiger partial charge in [-0.1, -0.05) is 19.1 Å². The van der Waals surface area contributed by atoms with Gasteiger partial charge in [0, 0.05) is 6.04 Å². The van der Waals surface area contributed by atoms with Gasteiger partial charge < -0.3 is 10.4 Å². The van der Waals surface area contributed by atoms with Crippen LogP contribution < -0.4 is 5.32 Å². The van der Waals surface area contributed by atoms with Gasteiger partial charge in [-0.3, -0.25) is 0 Å². The van der Waals surface area contributed by atoms with Gasteiger partial charge in [0.25, 0.3) is 0 Å². The van der Waals surface area contributed by atoms with E-state index in [-0.39, 0.29) is 12.4 Å². The largest absolute Gasteiger partial charge is 0.394 e. The zero-order valence-corrected chi connectivity index (χ0v) is 9.54. The second-order valence-electron chi connectivity index (χ2n) is 4.52. The van der Waals surface area contributed by atoms with Gasteiger partial charge in [-0.2, -0.15) is 0 Å². The number of nitrogens with one attached hydrogen (secondary N) is 1. The van der Waals surface area contributed by atoms with Gasteiger partial charge in [-0.15, -0.1) is 0 Å². The van der Waals surface area contributed by atoms with Crippen LogP contribution in [0, 0.1) is 5.82 Å². The minimum absolute atomic E-state index is 0.0473. The highest BCUT2D eigenvalue weighted by molar-refractivity contribution is 5.26. The number of hydrogen-bond acceptors (Lipinski definition) is 2. The zero-order valence-electron chi connectivity index (χ0n) is 9.54. The SMILES string of the molecule is CCC(CO)(NC1CC1)c1ccc(F)cc1. The Bertz CT molecular complexity index is 341. The standard InChI is InChI=1S/C13H18FNO/c1-2-13(9-16,15-12-7-8-12)10-3-5-11(14)6-4-10/h3-6,12,15-16H,2,7-9H2,1H3. The lowest BCUT2D eigenvalue weighted by Gasteiger charge is -2.33. The summed E-state index contributed by atoms with van der Waals surface area (Å²) >= 11 is 0. The highest BCUT2D eigenvalue weighted by Crippen LogP contribution is 2.31. The molecule has 0 radical (unpaired) electrons. The molecule has 0 heterocycles. The average Bonchev–Trinajstić information content (AvgIpc) is 3.11. The normalized spacial score (nSPS) is 19.4. The number of aliphatic hydroxyl groups excluding tert-OH is 1. The first-order valence-electron chi connectivity index (χ1n) is 5.85. The maximum absolute atomic E-state index is 12.9. The molecule has 88 valence electrons. The van der Waals surface area contributed by atoms with Gasteiger partial charge in [0.2, 0.25) is 0 Å². The monoisotopic (exact) mass is 223 g/mol. The van der Waals surface area contributed by atoms with Crippen LogP contribution >= 0.6 is 0 Å². The third-order valence-corrected chi connectivity index (χ3v) is 3.33. The first-order valence-corrected chi connectivity index (χ1v) is 5.85. The van der Waals surface area contributed by atoms with Crippen molar-refractivity contribution in [2.45, 2.75) is 37.8 Å². The molecule has 0 saturated heterocycles. The maximum Gasteiger partial charge on any atom is 0.123 e. The molecule has 2 nitrogen and oxygen atoms in total. The third kappa shape index (κ3) is 2.25. The summed E-state index contributed by atoms with van der Waals surface area (Å²) in [7, 11) is 0. The van der Waals surface area contributed by atoms with Gasteiger partial charge in [0.05, 0.1) is 12.1 Å². The summed E-state index contributed by atoms with van der Waals surface area (Å²) in [6.45, 7) is 2.08. The summed E-state index contributed by atoms with van der Waals surface area (Å²) in [5, 5.41) is 13.1. The highest BCUT2D eigenvalue weighted by atomic mass is 19.1. The molecule has 1 aromatic rings. The quantitative estimate of drug-likeness (QED) is 0.802. The van der Waals surface area contributed by atoms with E-state index in [2.05, 4.69) is 5.32 Å². The molecular formula is C13H18FNO. The Morgan fingerprint density at radius 2 is 2.00 bits per heavy atom. The van der Waals surface area contributed by atoms with Crippen molar-refractivity contribution in [3.8, 4) is 0 Å². The summed E-state index contributed by atoms with van der Waals surface area (Å²) in [6, 6.07) is 6.92. The Kier molecular flexibility index (Phi) is 3.26. The lowest BCUT2D eigenvalue weighted by Crippen LogP contribution is -2.46. The van der Waals surface area contributed by atoms with Gasteiger partial charge in [-0.05, 0) is 37.0 Å². The minimum atomic E-state index is -0.408. The van der Waals surface area contributed by atoms with Gasteiger partial charge >= 0.3 is 0 Å². The van der Waals surface area contributed by atoms with Crippen molar-refractivity contribution in [3.05, 3.63) is 35.6 Å². The lowest BCUT2D eigenvalue weighted by molar-refractivity contribution is 0.153. The topological polar surface area (TPSA) is 32.3 Å². The van der Waals surface area contributed by atoms with Crippen molar-refractivity contribution < 1.29 is 9.50 Å². The number of aliphatic hydroxyl groups is 1. The molecular weight excluding hydrogens is 205 g/mol. The second kappa shape index (κ2) is 4.52. The molecule has 1 aliphatic carbocycles. The highest BCUT2D eigenvalue weighted by Gasteiger charge is 2.35. The van der Waals surface area contributed by atoms with Crippen LogP contribution in [-0.4, -0.2) is 17.8 Å². The van der Waals surface area contributed by atoms with Crippen molar-refractivity contribution in [3.63, 3.8) is 0 Å². The van der Waals surface area contributed by atoms with Gasteiger partial charge in [-0.25, -0.2) is 4.39 Å². The maximum atomic E-state index is 12.9. The van der Waals surface area contributed by atoms with E-state index in [1.165, 1.54) is 25.0 Å². The molecule has 1 aromatic carbocycles. The summed E-state index contributed by atoms with van der Waals surface area (Å²) < 4.78 is 12.9. The van der Waals surface area contributed by atoms with Gasteiger partial charge in [0.15, 0.2) is 0 Å². The molecule has 0 spiro atoms. The zero-order chi connectivity index (χ0) is 11.6. The Morgan fingerprint density at radius 3 is 2.44 bits per heavy atom. The Balaban J connectivity index is 2.25. The van der Waals surface area contributed by atoms with E-state index in [1.54, 1.807) is 12.1 Å². The van der Waals surface area contributed by atoms with Gasteiger partial charge in [0.1, 0.15) is 5.82 Å². The number of benzene rings is 1. The fourth-order valence-electron chi connectivity index (χ4n) is 2.03. The third-order valence-electron chi connectivity index (χ3n) is 3.33. The fourth-order valence-corrected chi connectivity index (χ4v) is 2.03. The first-order chi connectivity index (χ1) is 7.70. The molecule has 0 aliphatic heterocycles. The lowest BCUT2D eigenvalue weighted by atomic mass is 9.88. The van der Waals surface area contributed by atoms with Crippen molar-refractivity contribution in [2.75, 3.05) is 6.61 Å². The second-order valence-corrected chi connectivity index (χ2v) is 4.52. The van der Waals surface area contributed by atoms with Crippen molar-refractivity contribution in [1.29, 1.82) is 0 Å². The minimum Gasteiger partial charge on any atom is -0.394 e. The van der Waals surface area contributed by atoms with Crippen LogP contribution in [0.1, 0.15) is 31.7 Å². The van der Waals surface area contributed by atoms with Crippen LogP contribution in [0.2, 0.25) is 0 Å². The number of halogens is 1. The average molecular weight is 223 g/mol. The summed E-state index contributed by atoms with van der Waals surface area (Å²) in [4.78, 5) is 0. The van der Waals surface area contributed by atoms with Crippen LogP contribution in [0.5, 0.6) is 0 Å². The number of rotatable bonds is 5. The molecule has 2 N–H and O–H groups in total. The van der Waals surface area contributed by atoms with E-state index >= 15 is 0 Å². The van der Waals surface area contributed by atoms with E-state index in [4.69, 9.17) is 0 Å². The predicted molar refractivity (Wildman–Crippen MR) is 61.6 cm³/mol. The summed E-state index contributed by atoms with van der Waals surface area (Å²) in [5.74, 6) is -0.238. The Labute approximate surface area is 95.5 Å². The number of hydrogen-bond donors (Lipinski definition) is 2. The summed E-state index contributed by atoms with van der Waals surface area (Å²) in [6.07, 6.45) is 3.14.